The fourth-order valence-corrected chi connectivity index (χ4v) is 10.9. The van der Waals surface area contributed by atoms with Crippen LogP contribution in [0.15, 0.2) is 36.4 Å². The molecule has 1 aliphatic heterocycles. The van der Waals surface area contributed by atoms with Gasteiger partial charge in [0, 0.05) is 36.8 Å². The molecule has 0 aliphatic carbocycles. The predicted molar refractivity (Wildman–Crippen MR) is 102 cm³/mol. The topological polar surface area (TPSA) is 46.2 Å². The van der Waals surface area contributed by atoms with Crippen molar-refractivity contribution in [1.82, 2.24) is 0 Å². The monoisotopic (exact) mass is 378 g/mol. The van der Waals surface area contributed by atoms with Crippen LogP contribution in [0, 0.1) is 0 Å². The third kappa shape index (κ3) is 3.10. The van der Waals surface area contributed by atoms with E-state index in [-0.39, 0.29) is 0 Å². The van der Waals surface area contributed by atoms with Crippen LogP contribution in [-0.2, 0) is 21.8 Å². The summed E-state index contributed by atoms with van der Waals surface area (Å²) in [5.41, 5.74) is 0. The molecule has 25 heavy (non-hydrogen) atoms. The van der Waals surface area contributed by atoms with E-state index in [1.54, 1.807) is 0 Å². The minimum absolute atomic E-state index is 0.507. The highest BCUT2D eigenvalue weighted by atomic mass is 28.5. The van der Waals surface area contributed by atoms with Crippen LogP contribution in [-0.4, -0.2) is 44.0 Å². The minimum atomic E-state index is -3.13. The molecule has 136 valence electrons. The molecular formula is C18H26O5Si2. The second-order valence-corrected chi connectivity index (χ2v) is 10.9. The standard InChI is InChI=1S/C18H26O5Si2/c1-5-19-24(20-6-2)16-13-9-11-15-12-10-14-17(18(15)16)25(23-24,21-7-3)22-8-4/h9-14H,5-8H2,1-4H3. The molecule has 0 aromatic heterocycles. The Kier molecular flexibility index (Phi) is 5.74. The van der Waals surface area contributed by atoms with Gasteiger partial charge < -0.3 is 21.8 Å². The molecule has 1 heterocycles. The molecule has 0 N–H and O–H groups in total. The van der Waals surface area contributed by atoms with Crippen molar-refractivity contribution in [2.24, 2.45) is 0 Å². The van der Waals surface area contributed by atoms with E-state index in [0.717, 1.165) is 21.1 Å². The van der Waals surface area contributed by atoms with Gasteiger partial charge in [-0.15, -0.1) is 0 Å². The highest BCUT2D eigenvalue weighted by Gasteiger charge is 2.61. The first-order valence-corrected chi connectivity index (χ1v) is 12.4. The van der Waals surface area contributed by atoms with Crippen LogP contribution < -0.4 is 10.4 Å². The van der Waals surface area contributed by atoms with E-state index in [1.165, 1.54) is 0 Å². The fraction of sp³-hybridized carbons (Fsp3) is 0.444. The first kappa shape index (κ1) is 18.7. The highest BCUT2D eigenvalue weighted by Crippen LogP contribution is 2.29. The van der Waals surface area contributed by atoms with Gasteiger partial charge in [-0.05, 0) is 38.5 Å². The average Bonchev–Trinajstić information content (AvgIpc) is 2.60. The Morgan fingerprint density at radius 3 is 1.44 bits per heavy atom. The lowest BCUT2D eigenvalue weighted by Crippen LogP contribution is -2.73. The van der Waals surface area contributed by atoms with Gasteiger partial charge in [0.25, 0.3) is 0 Å². The van der Waals surface area contributed by atoms with Crippen molar-refractivity contribution >= 4 is 38.8 Å². The van der Waals surface area contributed by atoms with Crippen molar-refractivity contribution in [1.29, 1.82) is 0 Å². The van der Waals surface area contributed by atoms with E-state index >= 15 is 0 Å². The molecule has 0 saturated carbocycles. The molecule has 5 nitrogen and oxygen atoms in total. The van der Waals surface area contributed by atoms with Crippen LogP contribution in [0.4, 0.5) is 0 Å². The van der Waals surface area contributed by atoms with Crippen LogP contribution in [0.1, 0.15) is 27.7 Å². The maximum atomic E-state index is 6.63. The Balaban J connectivity index is 2.34. The number of hydrogen-bond acceptors (Lipinski definition) is 5. The number of benzene rings is 2. The van der Waals surface area contributed by atoms with Crippen molar-refractivity contribution < 1.29 is 21.8 Å². The Labute approximate surface area is 151 Å². The molecule has 2 aromatic carbocycles. The smallest absolute Gasteiger partial charge is 0.371 e. The lowest BCUT2D eigenvalue weighted by Gasteiger charge is -2.42. The summed E-state index contributed by atoms with van der Waals surface area (Å²) in [6.45, 7) is 9.87. The van der Waals surface area contributed by atoms with Crippen LogP contribution in [0.3, 0.4) is 0 Å². The van der Waals surface area contributed by atoms with Gasteiger partial charge >= 0.3 is 17.6 Å². The first-order chi connectivity index (χ1) is 12.2. The second kappa shape index (κ2) is 7.67. The maximum absolute atomic E-state index is 6.63. The quantitative estimate of drug-likeness (QED) is 0.660. The minimum Gasteiger partial charge on any atom is -0.371 e. The Morgan fingerprint density at radius 2 is 1.08 bits per heavy atom. The Bertz CT molecular complexity index is 668. The van der Waals surface area contributed by atoms with Crippen LogP contribution in [0.2, 0.25) is 0 Å². The predicted octanol–water partition coefficient (Wildman–Crippen LogP) is 2.31. The van der Waals surface area contributed by atoms with Crippen molar-refractivity contribution in [3.63, 3.8) is 0 Å². The van der Waals surface area contributed by atoms with Crippen LogP contribution in [0.5, 0.6) is 0 Å². The van der Waals surface area contributed by atoms with Gasteiger partial charge in [0.15, 0.2) is 0 Å². The van der Waals surface area contributed by atoms with Gasteiger partial charge in [-0.25, -0.2) is 0 Å². The molecule has 1 aliphatic rings. The van der Waals surface area contributed by atoms with Crippen molar-refractivity contribution in [2.45, 2.75) is 27.7 Å². The van der Waals surface area contributed by atoms with Crippen molar-refractivity contribution in [3.05, 3.63) is 36.4 Å². The van der Waals surface area contributed by atoms with Gasteiger partial charge in [0.2, 0.25) is 0 Å². The summed E-state index contributed by atoms with van der Waals surface area (Å²) in [5.74, 6) is 0. The molecule has 0 unspecified atom stereocenters. The van der Waals surface area contributed by atoms with Crippen LogP contribution in [0.25, 0.3) is 10.8 Å². The van der Waals surface area contributed by atoms with Gasteiger partial charge in [0.05, 0.1) is 0 Å². The van der Waals surface area contributed by atoms with Gasteiger partial charge in [-0.1, -0.05) is 36.4 Å². The lowest BCUT2D eigenvalue weighted by molar-refractivity contribution is 0.0666. The van der Waals surface area contributed by atoms with Gasteiger partial charge in [-0.2, -0.15) is 0 Å². The Hall–Kier alpha value is -1.07. The third-order valence-corrected chi connectivity index (χ3v) is 11.1. The molecule has 0 saturated heterocycles. The van der Waals surface area contributed by atoms with Crippen molar-refractivity contribution in [3.8, 4) is 0 Å². The largest absolute Gasteiger partial charge is 0.530 e. The summed E-state index contributed by atoms with van der Waals surface area (Å²) >= 11 is 0. The summed E-state index contributed by atoms with van der Waals surface area (Å²) in [7, 11) is -6.26. The molecule has 7 heteroatoms. The zero-order valence-electron chi connectivity index (χ0n) is 15.3. The zero-order valence-corrected chi connectivity index (χ0v) is 17.3. The molecule has 2 aromatic rings. The average molecular weight is 379 g/mol. The summed E-state index contributed by atoms with van der Waals surface area (Å²) in [6, 6.07) is 12.4. The SMILES string of the molecule is CCO[Si]1(OCC)O[Si](OCC)(OCC)c2cccc3cccc1c23. The van der Waals surface area contributed by atoms with E-state index in [9.17, 15) is 0 Å². The van der Waals surface area contributed by atoms with E-state index in [4.69, 9.17) is 21.8 Å². The fourth-order valence-electron chi connectivity index (χ4n) is 3.41. The van der Waals surface area contributed by atoms with Gasteiger partial charge in [-0.3, -0.25) is 0 Å². The molecule has 0 bridgehead atoms. The zero-order chi connectivity index (χ0) is 17.9. The van der Waals surface area contributed by atoms with Crippen LogP contribution >= 0.6 is 0 Å². The lowest BCUT2D eigenvalue weighted by atomic mass is 10.1. The van der Waals surface area contributed by atoms with Crippen molar-refractivity contribution in [2.75, 3.05) is 26.4 Å². The maximum Gasteiger partial charge on any atom is 0.530 e. The number of hydrogen-bond donors (Lipinski definition) is 0. The molecule has 0 radical (unpaired) electrons. The molecule has 0 fully saturated rings. The summed E-state index contributed by atoms with van der Waals surface area (Å²) in [6.07, 6.45) is 0. The van der Waals surface area contributed by atoms with E-state index in [1.807, 2.05) is 39.8 Å². The van der Waals surface area contributed by atoms with E-state index in [0.29, 0.717) is 26.4 Å². The second-order valence-electron chi connectivity index (χ2n) is 5.66. The molecule has 0 spiro atoms. The molecule has 3 rings (SSSR count). The van der Waals surface area contributed by atoms with E-state index in [2.05, 4.69) is 24.3 Å². The summed E-state index contributed by atoms with van der Waals surface area (Å²) in [5, 5.41) is 4.25. The highest BCUT2D eigenvalue weighted by molar-refractivity contribution is 6.94. The van der Waals surface area contributed by atoms with E-state index < -0.39 is 17.6 Å². The molecule has 0 atom stereocenters. The molecular weight excluding hydrogens is 352 g/mol. The Morgan fingerprint density at radius 1 is 0.680 bits per heavy atom. The molecule has 0 amide bonds. The third-order valence-electron chi connectivity index (χ3n) is 4.17. The first-order valence-electron chi connectivity index (χ1n) is 8.95. The normalized spacial score (nSPS) is 17.8. The summed E-state index contributed by atoms with van der Waals surface area (Å²) in [4.78, 5) is 0. The van der Waals surface area contributed by atoms with Gasteiger partial charge in [0.1, 0.15) is 0 Å². The number of rotatable bonds is 8. The summed E-state index contributed by atoms with van der Waals surface area (Å²) < 4.78 is 31.3.